The van der Waals surface area contributed by atoms with E-state index in [2.05, 4.69) is 10.6 Å². The summed E-state index contributed by atoms with van der Waals surface area (Å²) in [5, 5.41) is 24.4. The Balaban J connectivity index is 1.77. The molecule has 2 atom stereocenters. The Labute approximate surface area is 169 Å². The number of nitrogens with zero attached hydrogens (tertiary/aromatic N) is 3. The fourth-order valence-corrected chi connectivity index (χ4v) is 3.91. The molecular weight excluding hydrogens is 382 g/mol. The average Bonchev–Trinajstić information content (AvgIpc) is 3.04. The van der Waals surface area contributed by atoms with Crippen LogP contribution in [-0.2, 0) is 9.59 Å². The van der Waals surface area contributed by atoms with Crippen molar-refractivity contribution in [3.05, 3.63) is 28.3 Å². The van der Waals surface area contributed by atoms with E-state index in [4.69, 9.17) is 22.0 Å². The van der Waals surface area contributed by atoms with Gasteiger partial charge >= 0.3 is 0 Å². The number of carbonyl (C=O) groups is 2. The van der Waals surface area contributed by atoms with Crippen molar-refractivity contribution in [1.82, 2.24) is 15.5 Å². The van der Waals surface area contributed by atoms with Crippen LogP contribution in [0, 0.1) is 18.3 Å². The first-order valence-corrected chi connectivity index (χ1v) is 9.73. The Morgan fingerprint density at radius 3 is 2.93 bits per heavy atom. The molecule has 3 N–H and O–H groups in total. The van der Waals surface area contributed by atoms with Crippen molar-refractivity contribution in [2.24, 2.45) is 0 Å². The summed E-state index contributed by atoms with van der Waals surface area (Å²) in [5.41, 5.74) is 1.70. The van der Waals surface area contributed by atoms with Gasteiger partial charge in [0.1, 0.15) is 18.2 Å². The van der Waals surface area contributed by atoms with Crippen molar-refractivity contribution in [2.75, 3.05) is 37.8 Å². The Hall–Kier alpha value is -2.18. The molecule has 3 rings (SSSR count). The Morgan fingerprint density at radius 2 is 2.21 bits per heavy atom. The minimum absolute atomic E-state index is 0.0887. The molecule has 0 radical (unpaired) electrons. The van der Waals surface area contributed by atoms with Crippen LogP contribution in [0.25, 0.3) is 0 Å². The topological polar surface area (TPSA) is 109 Å². The van der Waals surface area contributed by atoms with Gasteiger partial charge in [-0.05, 0) is 37.5 Å². The molecule has 2 unspecified atom stereocenters. The minimum Gasteiger partial charge on any atom is -0.396 e. The number of rotatable bonds is 6. The zero-order valence-corrected chi connectivity index (χ0v) is 16.5. The largest absolute Gasteiger partial charge is 0.396 e. The monoisotopic (exact) mass is 405 g/mol. The van der Waals surface area contributed by atoms with Gasteiger partial charge in [-0.15, -0.1) is 0 Å². The van der Waals surface area contributed by atoms with Gasteiger partial charge in [-0.1, -0.05) is 11.6 Å². The summed E-state index contributed by atoms with van der Waals surface area (Å²) in [6.45, 7) is 3.63. The molecule has 2 saturated heterocycles. The molecule has 0 saturated carbocycles. The zero-order valence-electron chi connectivity index (χ0n) is 15.7. The highest BCUT2D eigenvalue weighted by Gasteiger charge is 2.46. The van der Waals surface area contributed by atoms with Gasteiger partial charge in [0.05, 0.1) is 17.3 Å². The number of aliphatic hydroxyl groups is 1. The predicted octanol–water partition coefficient (Wildman–Crippen LogP) is 0.355. The fraction of sp³-hybridized carbons (Fsp3) is 0.526. The third-order valence-corrected chi connectivity index (χ3v) is 5.77. The van der Waals surface area contributed by atoms with Gasteiger partial charge in [0.15, 0.2) is 0 Å². The van der Waals surface area contributed by atoms with Crippen LogP contribution < -0.4 is 15.5 Å². The Morgan fingerprint density at radius 1 is 1.43 bits per heavy atom. The number of aliphatic hydroxyl groups excluding tert-OH is 1. The first kappa shape index (κ1) is 20.6. The maximum atomic E-state index is 13.0. The molecule has 150 valence electrons. The van der Waals surface area contributed by atoms with Crippen LogP contribution in [0.5, 0.6) is 0 Å². The van der Waals surface area contributed by atoms with E-state index < -0.39 is 12.1 Å². The number of amides is 2. The van der Waals surface area contributed by atoms with Crippen molar-refractivity contribution in [3.63, 3.8) is 0 Å². The Bertz CT molecular complexity index is 809. The number of hydrogen-bond acceptors (Lipinski definition) is 6. The van der Waals surface area contributed by atoms with Gasteiger partial charge in [0.25, 0.3) is 0 Å². The molecule has 0 spiro atoms. The number of unbranched alkanes of at least 4 members (excludes halogenated alkanes) is 1. The van der Waals surface area contributed by atoms with Crippen LogP contribution in [0.15, 0.2) is 12.1 Å². The third-order valence-electron chi connectivity index (χ3n) is 5.29. The maximum absolute atomic E-state index is 13.0. The van der Waals surface area contributed by atoms with Gasteiger partial charge in [-0.3, -0.25) is 19.4 Å². The second kappa shape index (κ2) is 8.88. The number of fused-ring (bicyclic) bond motifs is 1. The van der Waals surface area contributed by atoms with E-state index in [9.17, 15) is 9.59 Å². The molecule has 9 heteroatoms. The number of halogens is 1. The lowest BCUT2D eigenvalue weighted by atomic mass is 10.1. The number of benzene rings is 1. The first-order valence-electron chi connectivity index (χ1n) is 9.35. The van der Waals surface area contributed by atoms with Gasteiger partial charge < -0.3 is 15.7 Å². The van der Waals surface area contributed by atoms with Gasteiger partial charge in [0, 0.05) is 31.9 Å². The summed E-state index contributed by atoms with van der Waals surface area (Å²) in [7, 11) is 0. The van der Waals surface area contributed by atoms with Crippen molar-refractivity contribution in [1.29, 1.82) is 5.26 Å². The Kier molecular flexibility index (Phi) is 6.52. The van der Waals surface area contributed by atoms with E-state index in [0.29, 0.717) is 61.0 Å². The number of carbonyl (C=O) groups excluding carboxylic acids is 2. The SMILES string of the molecule is Cc1c(N2CN3C(C(=O)NCCCCO)CNCC3C2=O)ccc(C#N)c1Cl. The molecule has 2 aliphatic heterocycles. The summed E-state index contributed by atoms with van der Waals surface area (Å²) >= 11 is 6.27. The maximum Gasteiger partial charge on any atom is 0.246 e. The number of piperazine rings is 1. The highest BCUT2D eigenvalue weighted by molar-refractivity contribution is 6.33. The van der Waals surface area contributed by atoms with Gasteiger partial charge in [-0.25, -0.2) is 0 Å². The molecule has 0 bridgehead atoms. The van der Waals surface area contributed by atoms with Crippen LogP contribution in [0.1, 0.15) is 24.0 Å². The molecular formula is C19H24ClN5O3. The van der Waals surface area contributed by atoms with E-state index in [1.54, 1.807) is 24.0 Å². The molecule has 2 heterocycles. The number of nitriles is 1. The molecule has 1 aromatic carbocycles. The second-order valence-electron chi connectivity index (χ2n) is 7.02. The number of nitrogens with one attached hydrogen (secondary N) is 2. The standard InChI is InChI=1S/C19H24ClN5O3/c1-12-14(5-4-13(8-21)17(12)20)25-11-24-15(9-22-10-16(24)19(25)28)18(27)23-6-2-3-7-26/h4-5,15-16,22,26H,2-3,6-7,9-11H2,1H3,(H,23,27). The first-order chi connectivity index (χ1) is 13.5. The normalized spacial score (nSPS) is 22.1. The van der Waals surface area contributed by atoms with E-state index in [1.165, 1.54) is 0 Å². The van der Waals surface area contributed by atoms with Crippen LogP contribution in [0.4, 0.5) is 5.69 Å². The lowest BCUT2D eigenvalue weighted by Crippen LogP contribution is -2.61. The lowest BCUT2D eigenvalue weighted by Gasteiger charge is -2.34. The van der Waals surface area contributed by atoms with E-state index in [0.717, 1.165) is 0 Å². The number of anilines is 1. The smallest absolute Gasteiger partial charge is 0.246 e. The average molecular weight is 406 g/mol. The van der Waals surface area contributed by atoms with Crippen molar-refractivity contribution >= 4 is 29.1 Å². The van der Waals surface area contributed by atoms with Crippen molar-refractivity contribution in [2.45, 2.75) is 31.8 Å². The summed E-state index contributed by atoms with van der Waals surface area (Å²) in [5.74, 6) is -0.214. The van der Waals surface area contributed by atoms with Gasteiger partial charge in [0.2, 0.25) is 11.8 Å². The molecule has 2 amide bonds. The van der Waals surface area contributed by atoms with Crippen LogP contribution in [0.2, 0.25) is 5.02 Å². The van der Waals surface area contributed by atoms with Crippen LogP contribution in [0.3, 0.4) is 0 Å². The predicted molar refractivity (Wildman–Crippen MR) is 105 cm³/mol. The highest BCUT2D eigenvalue weighted by atomic mass is 35.5. The quantitative estimate of drug-likeness (QED) is 0.589. The number of hydrogen-bond donors (Lipinski definition) is 3. The molecule has 2 aliphatic rings. The summed E-state index contributed by atoms with van der Waals surface area (Å²) in [6, 6.07) is 4.51. The molecule has 0 aliphatic carbocycles. The molecule has 8 nitrogen and oxygen atoms in total. The van der Waals surface area contributed by atoms with E-state index >= 15 is 0 Å². The minimum atomic E-state index is -0.448. The molecule has 2 fully saturated rings. The molecule has 0 aromatic heterocycles. The zero-order chi connectivity index (χ0) is 20.3. The third kappa shape index (κ3) is 3.84. The molecule has 28 heavy (non-hydrogen) atoms. The summed E-state index contributed by atoms with van der Waals surface area (Å²) in [6.07, 6.45) is 1.35. The summed E-state index contributed by atoms with van der Waals surface area (Å²) < 4.78 is 0. The van der Waals surface area contributed by atoms with Crippen molar-refractivity contribution < 1.29 is 14.7 Å². The highest BCUT2D eigenvalue weighted by Crippen LogP contribution is 2.33. The molecule has 1 aromatic rings. The van der Waals surface area contributed by atoms with Crippen molar-refractivity contribution in [3.8, 4) is 6.07 Å². The van der Waals surface area contributed by atoms with Crippen LogP contribution >= 0.6 is 11.6 Å². The van der Waals surface area contributed by atoms with Crippen LogP contribution in [-0.4, -0.2) is 66.8 Å². The van der Waals surface area contributed by atoms with Gasteiger partial charge in [-0.2, -0.15) is 5.26 Å². The summed E-state index contributed by atoms with van der Waals surface area (Å²) in [4.78, 5) is 29.2. The fourth-order valence-electron chi connectivity index (χ4n) is 3.71. The van der Waals surface area contributed by atoms with E-state index in [-0.39, 0.29) is 18.4 Å². The van der Waals surface area contributed by atoms with E-state index in [1.807, 2.05) is 11.0 Å². The second-order valence-corrected chi connectivity index (χ2v) is 7.39. The lowest BCUT2D eigenvalue weighted by molar-refractivity contribution is -0.129.